The van der Waals surface area contributed by atoms with Gasteiger partial charge >= 0.3 is 7.12 Å². The second kappa shape index (κ2) is 26.3. The molecular formula is C62H71BN10O10. The molecule has 83 heavy (non-hydrogen) atoms. The number of aromatic hydroxyl groups is 2. The number of amides is 5. The van der Waals surface area contributed by atoms with E-state index in [1.54, 1.807) is 80.7 Å². The molecule has 1 aliphatic heterocycles. The molecule has 21 heteroatoms. The highest BCUT2D eigenvalue weighted by molar-refractivity contribution is 6.48. The van der Waals surface area contributed by atoms with Crippen LogP contribution in [0.25, 0.3) is 17.1 Å². The van der Waals surface area contributed by atoms with Crippen molar-refractivity contribution in [2.75, 3.05) is 26.7 Å². The van der Waals surface area contributed by atoms with Gasteiger partial charge < -0.3 is 50.4 Å². The second-order valence-corrected chi connectivity index (χ2v) is 21.8. The Labute approximate surface area is 483 Å². The van der Waals surface area contributed by atoms with Crippen LogP contribution in [0.15, 0.2) is 134 Å². The van der Waals surface area contributed by atoms with Crippen LogP contribution in [0.4, 0.5) is 0 Å². The van der Waals surface area contributed by atoms with E-state index >= 15 is 0 Å². The maximum Gasteiger partial charge on any atom is 0.482 e. The lowest BCUT2D eigenvalue weighted by atomic mass is 9.74. The molecule has 8 rings (SSSR count). The maximum absolute atomic E-state index is 14.3. The summed E-state index contributed by atoms with van der Waals surface area (Å²) in [7, 11) is 0.803. The number of nitrogens with one attached hydrogen (secondary N) is 4. The lowest BCUT2D eigenvalue weighted by molar-refractivity contribution is -0.123. The molecule has 0 saturated carbocycles. The Morgan fingerprint density at radius 1 is 0.747 bits per heavy atom. The molecule has 3 atom stereocenters. The fourth-order valence-corrected chi connectivity index (χ4v) is 9.65. The quantitative estimate of drug-likeness (QED) is 0.0329. The maximum atomic E-state index is 14.3. The summed E-state index contributed by atoms with van der Waals surface area (Å²) in [4.78, 5) is 77.3. The number of phenols is 2. The van der Waals surface area contributed by atoms with Gasteiger partial charge in [0.15, 0.2) is 5.82 Å². The molecule has 5 aromatic carbocycles. The van der Waals surface area contributed by atoms with Crippen LogP contribution in [-0.2, 0) is 26.1 Å². The van der Waals surface area contributed by atoms with E-state index in [9.17, 15) is 34.2 Å². The Kier molecular flexibility index (Phi) is 19.1. The van der Waals surface area contributed by atoms with Crippen LogP contribution in [-0.4, -0.2) is 121 Å². The van der Waals surface area contributed by atoms with Crippen molar-refractivity contribution in [1.82, 2.24) is 50.9 Å². The van der Waals surface area contributed by atoms with Gasteiger partial charge in [0.2, 0.25) is 11.7 Å². The van der Waals surface area contributed by atoms with Crippen molar-refractivity contribution in [3.63, 3.8) is 0 Å². The van der Waals surface area contributed by atoms with Crippen LogP contribution in [0.3, 0.4) is 0 Å². The highest BCUT2D eigenvalue weighted by Crippen LogP contribution is 2.46. The third-order valence-corrected chi connectivity index (χ3v) is 14.7. The average molecular weight is 1130 g/mol. The SMILES string of the molecule is CCNC(=O)c1nnc(-c2cc(C(C)C)c(O)cc2O)n1-c1ccc(Oc2ccc(C(=O)NCCN(C)C(=O)c3ccc(C4(C)OB([C@H](CCC(C)C)NC(=O)[C@H](Cc5ccccc5)NC(=O)c5cnccn5)OC4(C)C)cc3)cc2)cc1. The predicted molar refractivity (Wildman–Crippen MR) is 313 cm³/mol. The first kappa shape index (κ1) is 60.2. The van der Waals surface area contributed by atoms with E-state index in [-0.39, 0.29) is 71.6 Å². The van der Waals surface area contributed by atoms with Crippen molar-refractivity contribution in [1.29, 1.82) is 0 Å². The zero-order valence-corrected chi connectivity index (χ0v) is 48.2. The van der Waals surface area contributed by atoms with E-state index < -0.39 is 48.0 Å². The number of rotatable bonds is 23. The van der Waals surface area contributed by atoms with Gasteiger partial charge in [-0.05, 0) is 136 Å². The van der Waals surface area contributed by atoms with Crippen LogP contribution < -0.4 is 26.0 Å². The Bertz CT molecular complexity index is 3400. The Morgan fingerprint density at radius 2 is 1.42 bits per heavy atom. The van der Waals surface area contributed by atoms with Crippen molar-refractivity contribution in [3.05, 3.63) is 173 Å². The first-order valence-electron chi connectivity index (χ1n) is 27.8. The van der Waals surface area contributed by atoms with Crippen LogP contribution in [0.2, 0.25) is 0 Å². The molecule has 0 spiro atoms. The number of benzene rings is 5. The second-order valence-electron chi connectivity index (χ2n) is 21.8. The number of likely N-dealkylation sites (N-methyl/N-ethyl adjacent to an activating group) is 1. The Hall–Kier alpha value is -8.95. The molecule has 7 aromatic rings. The number of ether oxygens (including phenoxy) is 1. The zero-order valence-electron chi connectivity index (χ0n) is 48.2. The number of carbonyl (C=O) groups excluding carboxylic acids is 5. The summed E-state index contributed by atoms with van der Waals surface area (Å²) >= 11 is 0. The topological polar surface area (TPSA) is 261 Å². The summed E-state index contributed by atoms with van der Waals surface area (Å²) in [6.45, 7) is 16.4. The summed E-state index contributed by atoms with van der Waals surface area (Å²) in [5.74, 6) is -1.51. The minimum Gasteiger partial charge on any atom is -0.508 e. The first-order chi connectivity index (χ1) is 39.7. The molecule has 432 valence electrons. The van der Waals surface area contributed by atoms with E-state index in [0.717, 1.165) is 17.5 Å². The normalized spacial score (nSPS) is 15.3. The van der Waals surface area contributed by atoms with Gasteiger partial charge in [-0.25, -0.2) is 4.98 Å². The van der Waals surface area contributed by atoms with E-state index in [1.165, 1.54) is 34.1 Å². The monoisotopic (exact) mass is 1130 g/mol. The van der Waals surface area contributed by atoms with Gasteiger partial charge in [-0.3, -0.25) is 33.5 Å². The lowest BCUT2D eigenvalue weighted by Gasteiger charge is -2.37. The number of nitrogens with zero attached hydrogens (tertiary/aromatic N) is 6. The van der Waals surface area contributed by atoms with Crippen molar-refractivity contribution < 1.29 is 48.2 Å². The minimum atomic E-state index is -1.01. The van der Waals surface area contributed by atoms with Crippen LogP contribution in [0.5, 0.6) is 23.0 Å². The van der Waals surface area contributed by atoms with Gasteiger partial charge in [0, 0.05) is 68.4 Å². The number of hydrogen-bond acceptors (Lipinski definition) is 14. The summed E-state index contributed by atoms with van der Waals surface area (Å²) in [5.41, 5.74) is 2.00. The summed E-state index contributed by atoms with van der Waals surface area (Å²) in [6, 6.07) is 32.0. The van der Waals surface area contributed by atoms with Gasteiger partial charge in [0.05, 0.1) is 23.3 Å². The number of carbonyl (C=O) groups is 5. The Balaban J connectivity index is 0.861. The van der Waals surface area contributed by atoms with Crippen molar-refractivity contribution >= 4 is 36.7 Å². The predicted octanol–water partition coefficient (Wildman–Crippen LogP) is 8.33. The van der Waals surface area contributed by atoms with E-state index in [0.29, 0.717) is 52.8 Å². The van der Waals surface area contributed by atoms with E-state index in [1.807, 2.05) is 77.1 Å². The molecule has 6 N–H and O–H groups in total. The average Bonchev–Trinajstić information content (AvgIpc) is 3.98. The van der Waals surface area contributed by atoms with Gasteiger partial charge in [0.25, 0.3) is 23.6 Å². The van der Waals surface area contributed by atoms with Crippen molar-refractivity contribution in [2.45, 2.75) is 104 Å². The molecule has 1 fully saturated rings. The van der Waals surface area contributed by atoms with Gasteiger partial charge in [-0.1, -0.05) is 70.2 Å². The summed E-state index contributed by atoms with van der Waals surface area (Å²) in [5, 5.41) is 41.5. The van der Waals surface area contributed by atoms with Crippen molar-refractivity contribution in [3.8, 4) is 40.1 Å². The molecule has 3 heterocycles. The van der Waals surface area contributed by atoms with Gasteiger partial charge in [-0.15, -0.1) is 10.2 Å². The first-order valence-corrected chi connectivity index (χ1v) is 27.8. The molecule has 1 aliphatic rings. The van der Waals surface area contributed by atoms with Crippen LogP contribution in [0.1, 0.15) is 133 Å². The van der Waals surface area contributed by atoms with E-state index in [4.69, 9.17) is 14.0 Å². The molecule has 1 saturated heterocycles. The van der Waals surface area contributed by atoms with Crippen molar-refractivity contribution in [2.24, 2.45) is 5.92 Å². The molecule has 0 bridgehead atoms. The molecule has 0 radical (unpaired) electrons. The highest BCUT2D eigenvalue weighted by Gasteiger charge is 2.57. The molecule has 5 amide bonds. The van der Waals surface area contributed by atoms with Crippen LogP contribution in [0, 0.1) is 5.92 Å². The zero-order chi connectivity index (χ0) is 59.6. The summed E-state index contributed by atoms with van der Waals surface area (Å²) in [6.07, 6.45) is 5.76. The molecule has 2 aromatic heterocycles. The molecule has 0 aliphatic carbocycles. The highest BCUT2D eigenvalue weighted by atomic mass is 16.7. The van der Waals surface area contributed by atoms with Gasteiger partial charge in [-0.2, -0.15) is 0 Å². The van der Waals surface area contributed by atoms with E-state index in [2.05, 4.69) is 55.3 Å². The van der Waals surface area contributed by atoms with Gasteiger partial charge in [0.1, 0.15) is 40.3 Å². The number of phenolic OH excluding ortho intramolecular Hbond substituents is 2. The lowest BCUT2D eigenvalue weighted by Crippen LogP contribution is -2.55. The third-order valence-electron chi connectivity index (χ3n) is 14.7. The fourth-order valence-electron chi connectivity index (χ4n) is 9.65. The number of aromatic nitrogens is 5. The fraction of sp³-hybridized carbons (Fsp3) is 0.339. The molecule has 1 unspecified atom stereocenters. The third kappa shape index (κ3) is 14.2. The smallest absolute Gasteiger partial charge is 0.482 e. The van der Waals surface area contributed by atoms with Crippen LogP contribution >= 0.6 is 0 Å². The molecule has 20 nitrogen and oxygen atoms in total. The standard InChI is InChI=1S/C62H71BN10O10/c1-10-65-59(79)55-71-70-54(48-35-47(39(4)5)51(74)36-52(48)75)73(55)44-23-27-46(28-24-44)81-45-25-19-41(20-26-45)56(76)67-32-33-72(9)60(80)42-17-21-43(22-18-42)62(8)61(6,7)82-63(83-62)53(29-16-38(2)3)69-57(77)49(34-40-14-12-11-13-15-40)68-58(78)50-37-64-30-31-66-50/h11-15,17-28,30-31,35-39,49,53,74-75H,10,16,29,32-34H2,1-9H3,(H,65,79)(H,67,76)(H,68,78)(H,69,77)/t49-,53-,62?/m0/s1. The minimum absolute atomic E-state index is 0.00313. The number of hydrogen-bond donors (Lipinski definition) is 6. The largest absolute Gasteiger partial charge is 0.508 e. The summed E-state index contributed by atoms with van der Waals surface area (Å²) < 4.78 is 21.1. The Morgan fingerprint density at radius 3 is 2.06 bits per heavy atom. The molecular weight excluding hydrogens is 1060 g/mol.